The van der Waals surface area contributed by atoms with Crippen molar-refractivity contribution in [3.63, 3.8) is 0 Å². The van der Waals surface area contributed by atoms with E-state index in [0.717, 1.165) is 24.0 Å². The van der Waals surface area contributed by atoms with Gasteiger partial charge in [-0.1, -0.05) is 86.5 Å². The number of carbonyl (C=O) groups is 4. The van der Waals surface area contributed by atoms with Crippen LogP contribution in [0, 0.1) is 11.3 Å². The minimum absolute atomic E-state index is 0.0367. The zero-order valence-electron chi connectivity index (χ0n) is 29.0. The lowest BCUT2D eigenvalue weighted by Crippen LogP contribution is -2.65. The molecule has 5 rings (SSSR count). The summed E-state index contributed by atoms with van der Waals surface area (Å²) in [6.07, 6.45) is 6.35. The molecule has 1 aliphatic carbocycles. The number of carbonyl (C=O) groups excluding carboxylic acids is 4. The van der Waals surface area contributed by atoms with Crippen molar-refractivity contribution in [1.82, 2.24) is 20.7 Å². The van der Waals surface area contributed by atoms with Gasteiger partial charge >= 0.3 is 12.2 Å². The molecule has 49 heavy (non-hydrogen) atoms. The van der Waals surface area contributed by atoms with Crippen LogP contribution in [0.2, 0.25) is 0 Å². The first kappa shape index (κ1) is 35.9. The number of amides is 4. The summed E-state index contributed by atoms with van der Waals surface area (Å²) in [6, 6.07) is 17.9. The number of likely N-dealkylation sites (tertiary alicyclic amines) is 2. The van der Waals surface area contributed by atoms with E-state index >= 15 is 0 Å². The lowest BCUT2D eigenvalue weighted by Gasteiger charge is -2.49. The molecule has 2 aliphatic heterocycles. The Labute approximate surface area is 289 Å². The van der Waals surface area contributed by atoms with Crippen LogP contribution in [0.3, 0.4) is 0 Å². The number of ether oxygens (including phenoxy) is 3. The Morgan fingerprint density at radius 2 is 1.65 bits per heavy atom. The molecule has 3 fully saturated rings. The first-order valence-electron chi connectivity index (χ1n) is 17.3. The molecule has 2 N–H and O–H groups in total. The smallest absolute Gasteiger partial charge is 0.410 e. The van der Waals surface area contributed by atoms with Crippen LogP contribution in [0.15, 0.2) is 67.3 Å². The highest BCUT2D eigenvalue weighted by Crippen LogP contribution is 2.45. The van der Waals surface area contributed by atoms with Crippen LogP contribution < -0.4 is 10.9 Å². The molecule has 11 heteroatoms. The van der Waals surface area contributed by atoms with Gasteiger partial charge in [-0.25, -0.2) is 9.59 Å². The van der Waals surface area contributed by atoms with E-state index in [-0.39, 0.29) is 39.4 Å². The van der Waals surface area contributed by atoms with Gasteiger partial charge in [0.25, 0.3) is 0 Å². The maximum absolute atomic E-state index is 13.8. The molecule has 11 nitrogen and oxygen atoms in total. The zero-order chi connectivity index (χ0) is 35.0. The van der Waals surface area contributed by atoms with E-state index < -0.39 is 46.9 Å². The van der Waals surface area contributed by atoms with Crippen molar-refractivity contribution in [3.8, 4) is 0 Å². The Kier molecular flexibility index (Phi) is 11.6. The number of hydrazine groups is 1. The Bertz CT molecular complexity index is 1480. The van der Waals surface area contributed by atoms with Crippen molar-refractivity contribution in [2.24, 2.45) is 11.3 Å². The number of nitrogens with one attached hydrogen (secondary N) is 2. The van der Waals surface area contributed by atoms with Gasteiger partial charge in [-0.3, -0.25) is 20.4 Å². The quantitative estimate of drug-likeness (QED) is 0.246. The minimum Gasteiger partial charge on any atom is -0.445 e. The molecule has 2 saturated heterocycles. The lowest BCUT2D eigenvalue weighted by molar-refractivity contribution is -0.137. The molecule has 0 aromatic heterocycles. The minimum atomic E-state index is -0.717. The molecule has 2 heterocycles. The fourth-order valence-electron chi connectivity index (χ4n) is 7.14. The van der Waals surface area contributed by atoms with Gasteiger partial charge < -0.3 is 24.0 Å². The molecule has 2 unspecified atom stereocenters. The fourth-order valence-corrected chi connectivity index (χ4v) is 7.14. The van der Waals surface area contributed by atoms with E-state index in [0.29, 0.717) is 12.5 Å². The van der Waals surface area contributed by atoms with Gasteiger partial charge in [-0.05, 0) is 56.2 Å². The number of nitrogens with zero attached hydrogens (tertiary/aromatic N) is 2. The molecule has 3 aliphatic rings. The molecule has 0 radical (unpaired) electrons. The van der Waals surface area contributed by atoms with Gasteiger partial charge in [0, 0.05) is 31.6 Å². The predicted octanol–water partition coefficient (Wildman–Crippen LogP) is 5.67. The molecule has 2 atom stereocenters. The highest BCUT2D eigenvalue weighted by atomic mass is 16.6. The average Bonchev–Trinajstić information content (AvgIpc) is 3.49. The van der Waals surface area contributed by atoms with E-state index in [4.69, 9.17) is 14.2 Å². The van der Waals surface area contributed by atoms with E-state index in [2.05, 4.69) is 29.6 Å². The summed E-state index contributed by atoms with van der Waals surface area (Å²) < 4.78 is 16.8. The number of benzene rings is 2. The van der Waals surface area contributed by atoms with Gasteiger partial charge in [0.15, 0.2) is 0 Å². The van der Waals surface area contributed by atoms with Crippen molar-refractivity contribution >= 4 is 24.0 Å². The van der Waals surface area contributed by atoms with Crippen LogP contribution in [0.25, 0.3) is 0 Å². The van der Waals surface area contributed by atoms with Crippen molar-refractivity contribution < 1.29 is 33.4 Å². The standard InChI is InChI=1S/C38H50N4O7/c1-5-19-48-35(45)41-21-32(38(24-41)25-42(26-38)36(46)49-37(2,3)4)34(44)40-39-33(43)31(23-47-22-27-13-8-6-9-14-27)30-18-12-17-29(20-30)28-15-10-7-11-16-28/h5-6,8-9,12-14,17-18,20,28,31-32H,1,7,10-11,15-16,19,21-26H2,2-4H3,(H,39,43)(H,40,44). The Hall–Kier alpha value is -4.38. The molecular formula is C38H50N4O7. The molecule has 2 aromatic carbocycles. The molecule has 1 saturated carbocycles. The van der Waals surface area contributed by atoms with Crippen LogP contribution in [0.1, 0.15) is 81.4 Å². The second-order valence-electron chi connectivity index (χ2n) is 14.5. The third-order valence-corrected chi connectivity index (χ3v) is 9.62. The second kappa shape index (κ2) is 15.9. The van der Waals surface area contributed by atoms with Crippen LogP contribution >= 0.6 is 0 Å². The molecule has 4 amide bonds. The maximum Gasteiger partial charge on any atom is 0.410 e. The van der Waals surface area contributed by atoms with Crippen LogP contribution in [-0.2, 0) is 30.4 Å². The topological polar surface area (TPSA) is 127 Å². The third-order valence-electron chi connectivity index (χ3n) is 9.62. The van der Waals surface area contributed by atoms with Crippen LogP contribution in [0.4, 0.5) is 9.59 Å². The fraction of sp³-hybridized carbons (Fsp3) is 0.526. The monoisotopic (exact) mass is 674 g/mol. The number of rotatable bonds is 10. The predicted molar refractivity (Wildman–Crippen MR) is 184 cm³/mol. The summed E-state index contributed by atoms with van der Waals surface area (Å²) in [5, 5.41) is 0. The molecule has 264 valence electrons. The summed E-state index contributed by atoms with van der Waals surface area (Å²) in [7, 11) is 0. The summed E-state index contributed by atoms with van der Waals surface area (Å²) in [4.78, 5) is 56.2. The second-order valence-corrected chi connectivity index (χ2v) is 14.5. The van der Waals surface area contributed by atoms with E-state index in [1.165, 1.54) is 40.7 Å². The SMILES string of the molecule is C=CCOC(=O)N1CC(C(=O)NNC(=O)C(COCc2ccccc2)c2cccc(C3CCCCC3)c2)C2(C1)CN(C(=O)OC(C)(C)C)C2. The van der Waals surface area contributed by atoms with E-state index in [1.807, 2.05) is 42.5 Å². The van der Waals surface area contributed by atoms with Gasteiger partial charge in [-0.15, -0.1) is 0 Å². The molecular weight excluding hydrogens is 624 g/mol. The van der Waals surface area contributed by atoms with E-state index in [1.54, 1.807) is 20.8 Å². The van der Waals surface area contributed by atoms with Gasteiger partial charge in [0.1, 0.15) is 12.2 Å². The first-order valence-corrected chi connectivity index (χ1v) is 17.3. The molecule has 2 aromatic rings. The van der Waals surface area contributed by atoms with Crippen molar-refractivity contribution in [1.29, 1.82) is 0 Å². The van der Waals surface area contributed by atoms with Gasteiger partial charge in [0.05, 0.1) is 25.0 Å². The number of hydrogen-bond acceptors (Lipinski definition) is 7. The third kappa shape index (κ3) is 9.20. The van der Waals surface area contributed by atoms with Crippen molar-refractivity contribution in [3.05, 3.63) is 83.9 Å². The van der Waals surface area contributed by atoms with E-state index in [9.17, 15) is 19.2 Å². The largest absolute Gasteiger partial charge is 0.445 e. The van der Waals surface area contributed by atoms with Gasteiger partial charge in [0.2, 0.25) is 11.8 Å². The summed E-state index contributed by atoms with van der Waals surface area (Å²) in [5.41, 5.74) is 6.96. The van der Waals surface area contributed by atoms with Crippen molar-refractivity contribution in [2.75, 3.05) is 39.4 Å². The summed E-state index contributed by atoms with van der Waals surface area (Å²) in [6.45, 7) is 10.2. The Balaban J connectivity index is 1.28. The maximum atomic E-state index is 13.8. The Morgan fingerprint density at radius 1 is 0.939 bits per heavy atom. The zero-order valence-corrected chi connectivity index (χ0v) is 29.0. The van der Waals surface area contributed by atoms with Crippen molar-refractivity contribution in [2.45, 2.75) is 76.9 Å². The highest BCUT2D eigenvalue weighted by molar-refractivity contribution is 5.88. The number of hydrogen-bond donors (Lipinski definition) is 2. The summed E-state index contributed by atoms with van der Waals surface area (Å²) >= 11 is 0. The normalized spacial score (nSPS) is 19.4. The van der Waals surface area contributed by atoms with Crippen LogP contribution in [-0.4, -0.2) is 78.8 Å². The van der Waals surface area contributed by atoms with Crippen LogP contribution in [0.5, 0.6) is 0 Å². The average molecular weight is 675 g/mol. The van der Waals surface area contributed by atoms with Gasteiger partial charge in [-0.2, -0.15) is 0 Å². The highest BCUT2D eigenvalue weighted by Gasteiger charge is 2.59. The molecule has 1 spiro atoms. The lowest BCUT2D eigenvalue weighted by atomic mass is 9.71. The first-order chi connectivity index (χ1) is 23.5. The summed E-state index contributed by atoms with van der Waals surface area (Å²) in [5.74, 6) is -1.77. The Morgan fingerprint density at radius 3 is 2.35 bits per heavy atom. The molecule has 0 bridgehead atoms.